The number of rotatable bonds is 7. The molecule has 0 aromatic carbocycles. The quantitative estimate of drug-likeness (QED) is 0.482. The van der Waals surface area contributed by atoms with Crippen molar-refractivity contribution >= 4 is 31.9 Å². The Morgan fingerprint density at radius 3 is 2.27 bits per heavy atom. The van der Waals surface area contributed by atoms with Crippen LogP contribution >= 0.6 is 31.9 Å². The van der Waals surface area contributed by atoms with Crippen LogP contribution in [-0.4, -0.2) is 10.7 Å². The first-order valence-corrected chi connectivity index (χ1v) is 6.71. The van der Waals surface area contributed by atoms with Gasteiger partial charge in [0.05, 0.1) is 0 Å². The van der Waals surface area contributed by atoms with Crippen LogP contribution in [0.1, 0.15) is 39.0 Å². The van der Waals surface area contributed by atoms with Crippen LogP contribution in [0.3, 0.4) is 0 Å². The molecule has 0 nitrogen and oxygen atoms in total. The molecule has 0 aliphatic heterocycles. The molecule has 1 unspecified atom stereocenters. The smallest absolute Gasteiger partial charge is 0.00599 e. The molecule has 0 bridgehead atoms. The van der Waals surface area contributed by atoms with Crippen molar-refractivity contribution in [2.45, 2.75) is 39.0 Å². The summed E-state index contributed by atoms with van der Waals surface area (Å²) in [5, 5.41) is 2.32. The van der Waals surface area contributed by atoms with Crippen molar-refractivity contribution in [3.8, 4) is 0 Å². The molecule has 0 fully saturated rings. The van der Waals surface area contributed by atoms with E-state index in [2.05, 4.69) is 38.8 Å². The van der Waals surface area contributed by atoms with Crippen molar-refractivity contribution in [1.82, 2.24) is 0 Å². The normalized spacial score (nSPS) is 13.4. The topological polar surface area (TPSA) is 0 Å². The third-order valence-electron chi connectivity index (χ3n) is 1.95. The summed E-state index contributed by atoms with van der Waals surface area (Å²) in [6, 6.07) is 0. The van der Waals surface area contributed by atoms with E-state index in [-0.39, 0.29) is 0 Å². The number of hydrogen-bond donors (Lipinski definition) is 0. The van der Waals surface area contributed by atoms with E-state index < -0.39 is 0 Å². The Balaban J connectivity index is 3.20. The minimum atomic E-state index is 0.890. The van der Waals surface area contributed by atoms with Crippen LogP contribution in [0.4, 0.5) is 0 Å². The molecule has 0 aliphatic carbocycles. The number of halogens is 2. The molecule has 11 heavy (non-hydrogen) atoms. The maximum atomic E-state index is 3.55. The zero-order valence-corrected chi connectivity index (χ0v) is 10.5. The van der Waals surface area contributed by atoms with Crippen LogP contribution in [-0.2, 0) is 0 Å². The summed E-state index contributed by atoms with van der Waals surface area (Å²) in [6.07, 6.45) is 6.84. The zero-order chi connectivity index (χ0) is 8.53. The van der Waals surface area contributed by atoms with Crippen LogP contribution in [0.2, 0.25) is 0 Å². The molecule has 0 saturated carbocycles. The van der Waals surface area contributed by atoms with Crippen molar-refractivity contribution in [1.29, 1.82) is 0 Å². The Kier molecular flexibility index (Phi) is 9.84. The highest BCUT2D eigenvalue weighted by Crippen LogP contribution is 2.16. The Bertz CT molecular complexity index is 74.0. The fourth-order valence-corrected chi connectivity index (χ4v) is 2.43. The SMILES string of the molecule is CCCCCC(CBr)CCBr. The maximum Gasteiger partial charge on any atom is 0.00599 e. The van der Waals surface area contributed by atoms with Crippen molar-refractivity contribution in [2.24, 2.45) is 5.92 Å². The number of alkyl halides is 2. The summed E-state index contributed by atoms with van der Waals surface area (Å²) in [4.78, 5) is 0. The highest BCUT2D eigenvalue weighted by atomic mass is 79.9. The van der Waals surface area contributed by atoms with Crippen LogP contribution < -0.4 is 0 Å². The molecular weight excluding hydrogens is 268 g/mol. The van der Waals surface area contributed by atoms with E-state index in [1.165, 1.54) is 37.4 Å². The Morgan fingerprint density at radius 1 is 1.09 bits per heavy atom. The summed E-state index contributed by atoms with van der Waals surface area (Å²) in [7, 11) is 0. The van der Waals surface area contributed by atoms with Crippen LogP contribution in [0.5, 0.6) is 0 Å². The molecule has 68 valence electrons. The van der Waals surface area contributed by atoms with Gasteiger partial charge in [0.25, 0.3) is 0 Å². The van der Waals surface area contributed by atoms with E-state index in [0.29, 0.717) is 0 Å². The summed E-state index contributed by atoms with van der Waals surface area (Å²) in [5.41, 5.74) is 0. The van der Waals surface area contributed by atoms with Gasteiger partial charge < -0.3 is 0 Å². The highest BCUT2D eigenvalue weighted by Gasteiger charge is 2.04. The van der Waals surface area contributed by atoms with Gasteiger partial charge >= 0.3 is 0 Å². The maximum absolute atomic E-state index is 3.55. The molecule has 1 atom stereocenters. The molecule has 0 aromatic heterocycles. The summed E-state index contributed by atoms with van der Waals surface area (Å²) in [5.74, 6) is 0.890. The van der Waals surface area contributed by atoms with Crippen molar-refractivity contribution in [3.05, 3.63) is 0 Å². The molecule has 0 aromatic rings. The Hall–Kier alpha value is 0.960. The summed E-state index contributed by atoms with van der Waals surface area (Å²) in [6.45, 7) is 2.26. The average molecular weight is 286 g/mol. The minimum absolute atomic E-state index is 0.890. The van der Waals surface area contributed by atoms with Gasteiger partial charge in [-0.15, -0.1) is 0 Å². The lowest BCUT2D eigenvalue weighted by Crippen LogP contribution is -2.02. The molecule has 0 aliphatic rings. The Labute approximate surface area is 87.4 Å². The fraction of sp³-hybridized carbons (Fsp3) is 1.00. The summed E-state index contributed by atoms with van der Waals surface area (Å²) >= 11 is 7.03. The highest BCUT2D eigenvalue weighted by molar-refractivity contribution is 9.09. The van der Waals surface area contributed by atoms with E-state index in [0.717, 1.165) is 11.2 Å². The third kappa shape index (κ3) is 7.32. The first-order valence-electron chi connectivity index (χ1n) is 4.47. The standard InChI is InChI=1S/C9H18Br2/c1-2-3-4-5-9(8-11)6-7-10/h9H,2-8H2,1H3. The second kappa shape index (κ2) is 9.05. The van der Waals surface area contributed by atoms with Gasteiger partial charge in [0, 0.05) is 10.7 Å². The van der Waals surface area contributed by atoms with E-state index >= 15 is 0 Å². The molecule has 0 radical (unpaired) electrons. The predicted molar refractivity (Wildman–Crippen MR) is 59.8 cm³/mol. The molecule has 0 heterocycles. The number of unbranched alkanes of at least 4 members (excludes halogenated alkanes) is 2. The summed E-state index contributed by atoms with van der Waals surface area (Å²) < 4.78 is 0. The first-order chi connectivity index (χ1) is 5.35. The van der Waals surface area contributed by atoms with Gasteiger partial charge in [0.2, 0.25) is 0 Å². The lowest BCUT2D eigenvalue weighted by atomic mass is 10.0. The monoisotopic (exact) mass is 284 g/mol. The molecule has 0 amide bonds. The lowest BCUT2D eigenvalue weighted by Gasteiger charge is -2.10. The molecule has 2 heteroatoms. The average Bonchev–Trinajstić information content (AvgIpc) is 2.03. The fourth-order valence-electron chi connectivity index (χ4n) is 1.14. The molecule has 0 N–H and O–H groups in total. The van der Waals surface area contributed by atoms with Crippen LogP contribution in [0.15, 0.2) is 0 Å². The van der Waals surface area contributed by atoms with Gasteiger partial charge in [0.15, 0.2) is 0 Å². The van der Waals surface area contributed by atoms with Gasteiger partial charge in [0.1, 0.15) is 0 Å². The minimum Gasteiger partial charge on any atom is -0.0928 e. The van der Waals surface area contributed by atoms with Gasteiger partial charge in [-0.05, 0) is 18.8 Å². The first kappa shape index (κ1) is 12.0. The molecule has 0 saturated heterocycles. The van der Waals surface area contributed by atoms with Crippen molar-refractivity contribution in [2.75, 3.05) is 10.7 Å². The van der Waals surface area contributed by atoms with Crippen molar-refractivity contribution < 1.29 is 0 Å². The molecule has 0 spiro atoms. The third-order valence-corrected chi connectivity index (χ3v) is 3.33. The zero-order valence-electron chi connectivity index (χ0n) is 7.28. The molecular formula is C9H18Br2. The second-order valence-corrected chi connectivity index (χ2v) is 4.43. The van der Waals surface area contributed by atoms with Gasteiger partial charge in [-0.25, -0.2) is 0 Å². The van der Waals surface area contributed by atoms with Gasteiger partial charge in [-0.3, -0.25) is 0 Å². The van der Waals surface area contributed by atoms with Crippen LogP contribution in [0.25, 0.3) is 0 Å². The lowest BCUT2D eigenvalue weighted by molar-refractivity contribution is 0.496. The Morgan fingerprint density at radius 2 is 1.82 bits per heavy atom. The van der Waals surface area contributed by atoms with Gasteiger partial charge in [-0.1, -0.05) is 58.0 Å². The van der Waals surface area contributed by atoms with Crippen LogP contribution in [0, 0.1) is 5.92 Å². The van der Waals surface area contributed by atoms with E-state index in [1.54, 1.807) is 0 Å². The van der Waals surface area contributed by atoms with E-state index in [4.69, 9.17) is 0 Å². The number of hydrogen-bond acceptors (Lipinski definition) is 0. The van der Waals surface area contributed by atoms with Gasteiger partial charge in [-0.2, -0.15) is 0 Å². The van der Waals surface area contributed by atoms with Crippen molar-refractivity contribution in [3.63, 3.8) is 0 Å². The predicted octanol–water partition coefficient (Wildman–Crippen LogP) is 4.36. The van der Waals surface area contributed by atoms with E-state index in [1.807, 2.05) is 0 Å². The second-order valence-electron chi connectivity index (χ2n) is 2.99. The largest absolute Gasteiger partial charge is 0.0928 e. The molecule has 0 rings (SSSR count). The van der Waals surface area contributed by atoms with E-state index in [9.17, 15) is 0 Å².